The van der Waals surface area contributed by atoms with E-state index in [2.05, 4.69) is 72.8 Å². The van der Waals surface area contributed by atoms with E-state index in [1.165, 1.54) is 0 Å². The van der Waals surface area contributed by atoms with Crippen LogP contribution in [0.25, 0.3) is 197 Å². The van der Waals surface area contributed by atoms with E-state index < -0.39 is 12.1 Å². The summed E-state index contributed by atoms with van der Waals surface area (Å²) in [5, 5.41) is 10.0. The Labute approximate surface area is 625 Å². The molecule has 0 heterocycles. The Morgan fingerprint density at radius 1 is 0.135 bits per heavy atom. The van der Waals surface area contributed by atoms with Crippen LogP contribution in [0.15, 0.2) is 412 Å². The van der Waals surface area contributed by atoms with E-state index in [0.717, 1.165) is 87.6 Å². The van der Waals surface area contributed by atoms with E-state index in [0.29, 0.717) is 77.2 Å². The van der Waals surface area contributed by atoms with Crippen molar-refractivity contribution in [3.8, 4) is 111 Å². The van der Waals surface area contributed by atoms with Crippen LogP contribution >= 0.6 is 0 Å². The number of rotatable bonds is 10. The van der Waals surface area contributed by atoms with Gasteiger partial charge in [0.15, 0.2) is 0 Å². The minimum atomic E-state index is -0.392. The van der Waals surface area contributed by atoms with E-state index in [-0.39, 0.29) is 105 Å². The van der Waals surface area contributed by atoms with Crippen LogP contribution in [0.2, 0.25) is 0 Å². The summed E-state index contributed by atoms with van der Waals surface area (Å²) < 4.78 is 133. The molecule has 484 valence electrons. The van der Waals surface area contributed by atoms with Gasteiger partial charge in [-0.15, -0.1) is 0 Å². The van der Waals surface area contributed by atoms with Crippen LogP contribution in [0.1, 0.15) is 19.2 Å². The fraction of sp³-hybridized carbons (Fsp3) is 0. The van der Waals surface area contributed by atoms with Crippen molar-refractivity contribution in [1.29, 1.82) is 0 Å². The first-order chi connectivity index (χ1) is 57.4. The molecule has 0 unspecified atom stereocenters. The topological polar surface area (TPSA) is 0 Å². The molecule has 0 amide bonds. The van der Waals surface area contributed by atoms with Gasteiger partial charge in [-0.2, -0.15) is 0 Å². The number of fused-ring (bicyclic) bond motifs is 8. The van der Waals surface area contributed by atoms with Gasteiger partial charge in [0.1, 0.15) is 0 Å². The Hall–Kier alpha value is -13.5. The Kier molecular flexibility index (Phi) is 12.3. The van der Waals surface area contributed by atoms with Gasteiger partial charge in [0.25, 0.3) is 0 Å². The van der Waals surface area contributed by atoms with Crippen molar-refractivity contribution in [1.82, 2.24) is 0 Å². The van der Waals surface area contributed by atoms with E-state index in [4.69, 9.17) is 5.48 Å². The van der Waals surface area contributed by atoms with Gasteiger partial charge in [0, 0.05) is 0 Å². The lowest BCUT2D eigenvalue weighted by Gasteiger charge is -2.19. The molecule has 0 aliphatic carbocycles. The largest absolute Gasteiger partial charge is 0.0636 e. The molecule has 0 nitrogen and oxygen atoms in total. The van der Waals surface area contributed by atoms with Crippen molar-refractivity contribution in [3.05, 3.63) is 412 Å². The van der Waals surface area contributed by atoms with Crippen molar-refractivity contribution in [3.63, 3.8) is 0 Å². The zero-order valence-corrected chi connectivity index (χ0v) is 56.2. The Bertz CT molecular complexity index is 7570. The summed E-state index contributed by atoms with van der Waals surface area (Å²) in [7, 11) is 0. The quantitative estimate of drug-likeness (QED) is 0.120. The number of hydrogen-bond acceptors (Lipinski definition) is 0. The molecule has 0 radical (unpaired) electrons. The Balaban J connectivity index is 0.000000157. The molecular formula is C104H68. The van der Waals surface area contributed by atoms with Crippen molar-refractivity contribution >= 4 is 86.2 Å². The fourth-order valence-electron chi connectivity index (χ4n) is 14.9. The van der Waals surface area contributed by atoms with Gasteiger partial charge in [-0.3, -0.25) is 0 Å². The second kappa shape index (κ2) is 26.5. The average molecular weight is 1330 g/mol. The third-order valence-electron chi connectivity index (χ3n) is 20.1. The van der Waals surface area contributed by atoms with Crippen LogP contribution in [-0.4, -0.2) is 0 Å². The van der Waals surface area contributed by atoms with Crippen LogP contribution in [0.3, 0.4) is 0 Å². The SMILES string of the molecule is [2H]c1c([2H])c([2H])c2c(-c3ccc4ccccc4c3)c3c([2H])c(-c4ccc5ccccc5c4)c([2H])c([2H])c3c(-c3cccc(-c4ccc(-c5ccccc5)cc4)c3)c2c1[2H].[2H]c1c([2H])c([2H])c2c(-c3cccc(-c4ccc(-c5ccccc5)cc4)c3)c3c([2H])c(-c4ccc5ccccc5c4)c([2H])c([2H])c3c(-c3ccc4ccccc4c3)c2c1[2H]. The standard InChI is InChI=1S/2C52H34/c1-2-11-35(12-3-1)38-21-23-39(24-22-38)42-17-10-18-45(32-42)52-48-20-9-8-19-47(48)51(46-28-26-37-14-5-7-16-41(37)33-46)49-30-29-44(34-50(49)52)43-27-25-36-13-4-6-15-40(36)31-43;1-2-11-35(12-3-1)38-21-23-39(24-22-38)42-17-10-18-45(32-42)51-47-19-8-9-20-48(47)52(46-28-26-37-14-5-7-16-41(37)33-46)50-34-44(29-30-49(50)51)43-27-25-36-13-4-6-15-40(36)31-43/h2*1-34H/i2*8D,9D,19D,20D,29D,30D,34D. The lowest BCUT2D eigenvalue weighted by molar-refractivity contribution is 1.58. The van der Waals surface area contributed by atoms with Crippen molar-refractivity contribution in [2.24, 2.45) is 0 Å². The Morgan fingerprint density at radius 2 is 0.356 bits per heavy atom. The third kappa shape index (κ3) is 11.5. The smallest absolute Gasteiger partial charge is 0.0622 e. The summed E-state index contributed by atoms with van der Waals surface area (Å²) in [4.78, 5) is 0. The average Bonchev–Trinajstić information content (AvgIpc) is 0.700. The molecule has 0 fully saturated rings. The van der Waals surface area contributed by atoms with Crippen LogP contribution < -0.4 is 0 Å². The van der Waals surface area contributed by atoms with Crippen LogP contribution in [0.5, 0.6) is 0 Å². The first-order valence-electron chi connectivity index (χ1n) is 41.9. The van der Waals surface area contributed by atoms with Crippen molar-refractivity contribution in [2.75, 3.05) is 0 Å². The summed E-state index contributed by atoms with van der Waals surface area (Å²) in [6.45, 7) is 0. The second-order valence-corrected chi connectivity index (χ2v) is 26.3. The highest BCUT2D eigenvalue weighted by molar-refractivity contribution is 6.24. The molecule has 0 aromatic heterocycles. The van der Waals surface area contributed by atoms with E-state index in [9.17, 15) is 13.7 Å². The number of benzene rings is 20. The van der Waals surface area contributed by atoms with Crippen molar-refractivity contribution in [2.45, 2.75) is 0 Å². The molecule has 0 aliphatic heterocycles. The molecular weight excluding hydrogens is 1250 g/mol. The number of hydrogen-bond donors (Lipinski definition) is 0. The Morgan fingerprint density at radius 3 is 0.702 bits per heavy atom. The van der Waals surface area contributed by atoms with E-state index in [1.54, 1.807) is 0 Å². The molecule has 0 atom stereocenters. The molecule has 0 saturated heterocycles. The van der Waals surface area contributed by atoms with Crippen LogP contribution in [0.4, 0.5) is 0 Å². The minimum absolute atomic E-state index is 0.0141. The molecule has 0 bridgehead atoms. The molecule has 0 N–H and O–H groups in total. The lowest BCUT2D eigenvalue weighted by Crippen LogP contribution is -1.92. The van der Waals surface area contributed by atoms with Gasteiger partial charge in [-0.1, -0.05) is 364 Å². The minimum Gasteiger partial charge on any atom is -0.0622 e. The first-order valence-corrected chi connectivity index (χ1v) is 34.9. The van der Waals surface area contributed by atoms with E-state index >= 15 is 0 Å². The maximum Gasteiger partial charge on any atom is 0.0636 e. The van der Waals surface area contributed by atoms with Crippen LogP contribution in [0, 0.1) is 0 Å². The maximum atomic E-state index is 10.1. The van der Waals surface area contributed by atoms with Crippen molar-refractivity contribution < 1.29 is 19.2 Å². The molecule has 20 rings (SSSR count). The maximum absolute atomic E-state index is 10.1. The first kappa shape index (κ1) is 48.3. The molecule has 104 heavy (non-hydrogen) atoms. The summed E-state index contributed by atoms with van der Waals surface area (Å²) in [5.74, 6) is 0. The molecule has 20 aromatic carbocycles. The van der Waals surface area contributed by atoms with Gasteiger partial charge in [0.05, 0.1) is 19.2 Å². The molecule has 0 aliphatic rings. The van der Waals surface area contributed by atoms with Gasteiger partial charge in [0.2, 0.25) is 0 Å². The molecule has 0 saturated carbocycles. The monoisotopic (exact) mass is 1330 g/mol. The predicted octanol–water partition coefficient (Wildman–Crippen LogP) is 29.3. The summed E-state index contributed by atoms with van der Waals surface area (Å²) in [6, 6.07) is 104. The molecule has 0 spiro atoms. The van der Waals surface area contributed by atoms with Crippen LogP contribution in [-0.2, 0) is 0 Å². The zero-order valence-electron chi connectivity index (χ0n) is 70.2. The predicted molar refractivity (Wildman–Crippen MR) is 447 cm³/mol. The van der Waals surface area contributed by atoms with Gasteiger partial charge >= 0.3 is 0 Å². The second-order valence-electron chi connectivity index (χ2n) is 26.3. The highest BCUT2D eigenvalue weighted by Crippen LogP contribution is 2.49. The zero-order chi connectivity index (χ0) is 81.1. The molecule has 20 aromatic rings. The summed E-state index contributed by atoms with van der Waals surface area (Å²) in [6.07, 6.45) is 0. The highest BCUT2D eigenvalue weighted by Gasteiger charge is 2.22. The molecule has 0 heteroatoms. The lowest BCUT2D eigenvalue weighted by atomic mass is 9.84. The highest BCUT2D eigenvalue weighted by atomic mass is 14.2. The van der Waals surface area contributed by atoms with Gasteiger partial charge < -0.3 is 0 Å². The normalized spacial score (nSPS) is 13.3. The third-order valence-corrected chi connectivity index (χ3v) is 20.1. The fourth-order valence-corrected chi connectivity index (χ4v) is 14.9. The van der Waals surface area contributed by atoms with Gasteiger partial charge in [-0.25, -0.2) is 0 Å². The van der Waals surface area contributed by atoms with E-state index in [1.807, 2.05) is 255 Å². The summed E-state index contributed by atoms with van der Waals surface area (Å²) in [5.41, 5.74) is 14.0. The summed E-state index contributed by atoms with van der Waals surface area (Å²) >= 11 is 0. The van der Waals surface area contributed by atoms with Gasteiger partial charge in [-0.05, 0) is 246 Å².